The highest BCUT2D eigenvalue weighted by molar-refractivity contribution is 7.89. The van der Waals surface area contributed by atoms with Crippen molar-refractivity contribution in [3.8, 4) is 0 Å². The van der Waals surface area contributed by atoms with E-state index in [-0.39, 0.29) is 17.3 Å². The first-order valence-electron chi connectivity index (χ1n) is 5.73. The van der Waals surface area contributed by atoms with Gasteiger partial charge in [-0.25, -0.2) is 24.0 Å². The minimum atomic E-state index is -3.63. The van der Waals surface area contributed by atoms with Gasteiger partial charge in [0.25, 0.3) is 0 Å². The zero-order chi connectivity index (χ0) is 14.6. The minimum absolute atomic E-state index is 0.0714. The number of pyridine rings is 1. The van der Waals surface area contributed by atoms with Gasteiger partial charge in [-0.1, -0.05) is 5.16 Å². The van der Waals surface area contributed by atoms with E-state index in [1.807, 2.05) is 0 Å². The fraction of sp³-hybridized carbons (Fsp3) is 0.300. The van der Waals surface area contributed by atoms with E-state index in [4.69, 9.17) is 10.4 Å². The SMILES string of the molecule is Cc1noc(CCNS(=O)(=O)c2ccnc(NN)c2)n1. The zero-order valence-corrected chi connectivity index (χ0v) is 11.5. The molecule has 0 saturated heterocycles. The molecule has 0 spiro atoms. The Morgan fingerprint density at radius 3 is 2.90 bits per heavy atom. The number of rotatable bonds is 6. The lowest BCUT2D eigenvalue weighted by Crippen LogP contribution is -2.26. The molecule has 0 amide bonds. The molecule has 0 saturated carbocycles. The Kier molecular flexibility index (Phi) is 4.27. The van der Waals surface area contributed by atoms with Gasteiger partial charge in [0.1, 0.15) is 5.82 Å². The highest BCUT2D eigenvalue weighted by Crippen LogP contribution is 2.11. The van der Waals surface area contributed by atoms with E-state index in [9.17, 15) is 8.42 Å². The third-order valence-electron chi connectivity index (χ3n) is 2.39. The van der Waals surface area contributed by atoms with E-state index in [1.54, 1.807) is 6.92 Å². The van der Waals surface area contributed by atoms with Gasteiger partial charge >= 0.3 is 0 Å². The molecule has 2 aromatic heterocycles. The molecular weight excluding hydrogens is 284 g/mol. The average Bonchev–Trinajstić information content (AvgIpc) is 2.84. The molecule has 20 heavy (non-hydrogen) atoms. The van der Waals surface area contributed by atoms with Gasteiger partial charge in [0.05, 0.1) is 4.90 Å². The number of sulfonamides is 1. The molecule has 0 aromatic carbocycles. The summed E-state index contributed by atoms with van der Waals surface area (Å²) < 4.78 is 31.4. The molecule has 4 N–H and O–H groups in total. The maximum atomic E-state index is 12.0. The average molecular weight is 298 g/mol. The van der Waals surface area contributed by atoms with Gasteiger partial charge in [-0.05, 0) is 13.0 Å². The van der Waals surface area contributed by atoms with Crippen molar-refractivity contribution in [2.45, 2.75) is 18.2 Å². The van der Waals surface area contributed by atoms with Crippen molar-refractivity contribution in [1.82, 2.24) is 19.8 Å². The number of hydrazine groups is 1. The van der Waals surface area contributed by atoms with Crippen LogP contribution in [0, 0.1) is 6.92 Å². The van der Waals surface area contributed by atoms with Gasteiger partial charge in [0.2, 0.25) is 15.9 Å². The fourth-order valence-corrected chi connectivity index (χ4v) is 2.52. The van der Waals surface area contributed by atoms with Crippen molar-refractivity contribution >= 4 is 15.8 Å². The number of hydrogen-bond donors (Lipinski definition) is 3. The molecule has 2 heterocycles. The third kappa shape index (κ3) is 3.50. The normalized spacial score (nSPS) is 11.5. The first kappa shape index (κ1) is 14.4. The van der Waals surface area contributed by atoms with Crippen LogP contribution in [0.1, 0.15) is 11.7 Å². The van der Waals surface area contributed by atoms with Gasteiger partial charge in [-0.15, -0.1) is 0 Å². The second-order valence-corrected chi connectivity index (χ2v) is 5.67. The van der Waals surface area contributed by atoms with Crippen molar-refractivity contribution in [1.29, 1.82) is 0 Å². The molecule has 0 unspecified atom stereocenters. The maximum Gasteiger partial charge on any atom is 0.240 e. The Labute approximate surface area is 115 Å². The smallest absolute Gasteiger partial charge is 0.240 e. The van der Waals surface area contributed by atoms with E-state index in [2.05, 4.69) is 25.3 Å². The van der Waals surface area contributed by atoms with Gasteiger partial charge < -0.3 is 9.95 Å². The Hall–Kier alpha value is -2.04. The molecule has 108 valence electrons. The second kappa shape index (κ2) is 5.94. The van der Waals surface area contributed by atoms with Crippen LogP contribution < -0.4 is 16.0 Å². The largest absolute Gasteiger partial charge is 0.339 e. The van der Waals surface area contributed by atoms with E-state index in [0.717, 1.165) is 0 Å². The van der Waals surface area contributed by atoms with E-state index in [0.29, 0.717) is 18.1 Å². The van der Waals surface area contributed by atoms with Crippen LogP contribution in [0.15, 0.2) is 27.7 Å². The number of nitrogen functional groups attached to an aromatic ring is 1. The first-order chi connectivity index (χ1) is 9.51. The summed E-state index contributed by atoms with van der Waals surface area (Å²) in [4.78, 5) is 7.89. The number of nitrogens with two attached hydrogens (primary N) is 1. The highest BCUT2D eigenvalue weighted by Gasteiger charge is 2.15. The molecule has 0 atom stereocenters. The molecule has 0 aliphatic rings. The van der Waals surface area contributed by atoms with Crippen LogP contribution in [0.3, 0.4) is 0 Å². The summed E-state index contributed by atoms with van der Waals surface area (Å²) in [5.41, 5.74) is 2.29. The summed E-state index contributed by atoms with van der Waals surface area (Å²) >= 11 is 0. The molecule has 2 aromatic rings. The van der Waals surface area contributed by atoms with E-state index in [1.165, 1.54) is 18.3 Å². The second-order valence-electron chi connectivity index (χ2n) is 3.90. The minimum Gasteiger partial charge on any atom is -0.339 e. The number of anilines is 1. The van der Waals surface area contributed by atoms with E-state index < -0.39 is 10.0 Å². The Morgan fingerprint density at radius 1 is 1.45 bits per heavy atom. The van der Waals surface area contributed by atoms with Crippen LogP contribution in [0.2, 0.25) is 0 Å². The molecular formula is C10H14N6O3S. The molecule has 0 aliphatic carbocycles. The van der Waals surface area contributed by atoms with Crippen LogP contribution in [0.4, 0.5) is 5.82 Å². The summed E-state index contributed by atoms with van der Waals surface area (Å²) in [5, 5.41) is 3.62. The Balaban J connectivity index is 2.00. The third-order valence-corrected chi connectivity index (χ3v) is 3.85. The van der Waals surface area contributed by atoms with E-state index >= 15 is 0 Å². The molecule has 0 radical (unpaired) electrons. The lowest BCUT2D eigenvalue weighted by Gasteiger charge is -2.06. The monoisotopic (exact) mass is 298 g/mol. The maximum absolute atomic E-state index is 12.0. The first-order valence-corrected chi connectivity index (χ1v) is 7.21. The summed E-state index contributed by atoms with van der Waals surface area (Å²) in [5.74, 6) is 6.34. The van der Waals surface area contributed by atoms with Gasteiger partial charge in [0, 0.05) is 25.2 Å². The summed E-state index contributed by atoms with van der Waals surface area (Å²) in [6.45, 7) is 1.84. The van der Waals surface area contributed by atoms with Gasteiger partial charge in [0.15, 0.2) is 5.82 Å². The highest BCUT2D eigenvalue weighted by atomic mass is 32.2. The zero-order valence-electron chi connectivity index (χ0n) is 10.7. The van der Waals surface area contributed by atoms with Gasteiger partial charge in [-0.2, -0.15) is 4.98 Å². The number of hydrogen-bond acceptors (Lipinski definition) is 8. The Bertz CT molecular complexity index is 684. The van der Waals surface area contributed by atoms with Crippen LogP contribution in [-0.2, 0) is 16.4 Å². The van der Waals surface area contributed by atoms with Crippen molar-refractivity contribution in [3.63, 3.8) is 0 Å². The van der Waals surface area contributed by atoms with Crippen LogP contribution in [0.25, 0.3) is 0 Å². The summed E-state index contributed by atoms with van der Waals surface area (Å²) in [7, 11) is -3.63. The van der Waals surface area contributed by atoms with Crippen molar-refractivity contribution in [2.75, 3.05) is 12.0 Å². The van der Waals surface area contributed by atoms with Gasteiger partial charge in [-0.3, -0.25) is 0 Å². The molecule has 10 heteroatoms. The lowest BCUT2D eigenvalue weighted by atomic mass is 10.4. The number of aromatic nitrogens is 3. The molecule has 0 bridgehead atoms. The lowest BCUT2D eigenvalue weighted by molar-refractivity contribution is 0.375. The molecule has 0 fully saturated rings. The number of nitrogens with one attached hydrogen (secondary N) is 2. The summed E-state index contributed by atoms with van der Waals surface area (Å²) in [6.07, 6.45) is 1.66. The molecule has 9 nitrogen and oxygen atoms in total. The van der Waals surface area contributed by atoms with Crippen LogP contribution >= 0.6 is 0 Å². The fourth-order valence-electron chi connectivity index (χ4n) is 1.47. The topological polar surface area (TPSA) is 136 Å². The standard InChI is InChI=1S/C10H14N6O3S/c1-7-14-10(19-16-7)3-5-13-20(17,18)8-2-4-12-9(6-8)15-11/h2,4,6,13H,3,5,11H2,1H3,(H,12,15). The van der Waals surface area contributed by atoms with Crippen molar-refractivity contribution in [2.24, 2.45) is 5.84 Å². The number of aryl methyl sites for hydroxylation is 1. The van der Waals surface area contributed by atoms with Crippen LogP contribution in [-0.4, -0.2) is 30.1 Å². The van der Waals surface area contributed by atoms with Crippen molar-refractivity contribution in [3.05, 3.63) is 30.0 Å². The predicted octanol–water partition coefficient (Wildman–Crippen LogP) is -0.420. The quantitative estimate of drug-likeness (QED) is 0.483. The predicted molar refractivity (Wildman–Crippen MR) is 70.0 cm³/mol. The van der Waals surface area contributed by atoms with Crippen molar-refractivity contribution < 1.29 is 12.9 Å². The summed E-state index contributed by atoms with van der Waals surface area (Å²) in [6, 6.07) is 2.71. The Morgan fingerprint density at radius 2 is 2.25 bits per heavy atom. The molecule has 0 aliphatic heterocycles. The number of nitrogens with zero attached hydrogens (tertiary/aromatic N) is 3. The van der Waals surface area contributed by atoms with Crippen LogP contribution in [0.5, 0.6) is 0 Å². The molecule has 2 rings (SSSR count).